The number of carbonyl (C=O) groups is 1. The monoisotopic (exact) mass is 332 g/mol. The van der Waals surface area contributed by atoms with E-state index in [0.29, 0.717) is 11.1 Å². The molecule has 0 atom stereocenters. The maximum absolute atomic E-state index is 12.1. The van der Waals surface area contributed by atoms with E-state index in [9.17, 15) is 15.0 Å². The van der Waals surface area contributed by atoms with Crippen molar-refractivity contribution in [2.24, 2.45) is 5.10 Å². The second-order valence-electron chi connectivity index (χ2n) is 5.39. The number of phenolic OH excluding ortho intramolecular Hbond substituents is 2. The number of nitrogens with one attached hydrogen (secondary N) is 1. The van der Waals surface area contributed by atoms with Crippen molar-refractivity contribution in [3.63, 3.8) is 0 Å². The minimum Gasteiger partial charge on any atom is -0.508 e. The highest BCUT2D eigenvalue weighted by Crippen LogP contribution is 2.21. The van der Waals surface area contributed by atoms with Crippen molar-refractivity contribution in [1.29, 1.82) is 0 Å². The Balaban J connectivity index is 1.66. The van der Waals surface area contributed by atoms with Gasteiger partial charge in [0.05, 0.1) is 6.21 Å². The van der Waals surface area contributed by atoms with Crippen molar-refractivity contribution in [3.8, 4) is 22.6 Å². The Labute approximate surface area is 144 Å². The molecule has 0 saturated heterocycles. The minimum absolute atomic E-state index is 0.0443. The molecule has 0 aromatic heterocycles. The van der Waals surface area contributed by atoms with Crippen LogP contribution in [0.5, 0.6) is 11.5 Å². The molecule has 124 valence electrons. The number of rotatable bonds is 4. The number of hydrazone groups is 1. The lowest BCUT2D eigenvalue weighted by Gasteiger charge is -2.04. The van der Waals surface area contributed by atoms with Gasteiger partial charge < -0.3 is 10.2 Å². The van der Waals surface area contributed by atoms with E-state index in [1.807, 2.05) is 42.5 Å². The van der Waals surface area contributed by atoms with Crippen molar-refractivity contribution in [3.05, 3.63) is 83.9 Å². The molecule has 3 rings (SSSR count). The van der Waals surface area contributed by atoms with Crippen molar-refractivity contribution < 1.29 is 15.0 Å². The number of hydrogen-bond donors (Lipinski definition) is 3. The Kier molecular flexibility index (Phi) is 4.76. The van der Waals surface area contributed by atoms with Gasteiger partial charge in [0, 0.05) is 17.2 Å². The zero-order valence-corrected chi connectivity index (χ0v) is 13.3. The fourth-order valence-corrected chi connectivity index (χ4v) is 2.31. The fourth-order valence-electron chi connectivity index (χ4n) is 2.31. The molecule has 3 N–H and O–H groups in total. The van der Waals surface area contributed by atoms with Crippen LogP contribution in [0, 0.1) is 0 Å². The smallest absolute Gasteiger partial charge is 0.271 e. The summed E-state index contributed by atoms with van der Waals surface area (Å²) < 4.78 is 0. The number of benzene rings is 3. The molecule has 0 unspecified atom stereocenters. The Morgan fingerprint density at radius 2 is 1.56 bits per heavy atom. The van der Waals surface area contributed by atoms with Crippen molar-refractivity contribution >= 4 is 12.1 Å². The molecule has 0 aliphatic heterocycles. The first-order valence-corrected chi connectivity index (χ1v) is 7.64. The standard InChI is InChI=1S/C20H16N2O3/c23-18-11-10-17(19(24)12-18)13-21-22-20(25)16-8-6-15(7-9-16)14-4-2-1-3-5-14/h1-13,23-24H,(H,22,25)/b21-13-. The molecule has 0 heterocycles. The van der Waals surface area contributed by atoms with E-state index in [0.717, 1.165) is 11.1 Å². The first kappa shape index (κ1) is 16.3. The lowest BCUT2D eigenvalue weighted by atomic mass is 10.0. The van der Waals surface area contributed by atoms with Crippen LogP contribution in [0.1, 0.15) is 15.9 Å². The quantitative estimate of drug-likeness (QED) is 0.505. The Bertz CT molecular complexity index is 904. The molecule has 25 heavy (non-hydrogen) atoms. The van der Waals surface area contributed by atoms with Gasteiger partial charge in [-0.05, 0) is 35.4 Å². The molecule has 1 amide bonds. The molecule has 0 fully saturated rings. The highest BCUT2D eigenvalue weighted by molar-refractivity contribution is 5.95. The van der Waals surface area contributed by atoms with Gasteiger partial charge in [-0.1, -0.05) is 42.5 Å². The molecule has 0 bridgehead atoms. The summed E-state index contributed by atoms with van der Waals surface area (Å²) in [6.45, 7) is 0. The summed E-state index contributed by atoms with van der Waals surface area (Å²) in [4.78, 5) is 12.1. The SMILES string of the molecule is O=C(N/N=C\c1ccc(O)cc1O)c1ccc(-c2ccccc2)cc1. The van der Waals surface area contributed by atoms with Gasteiger partial charge in [-0.25, -0.2) is 5.43 Å². The zero-order valence-electron chi connectivity index (χ0n) is 13.3. The third-order valence-electron chi connectivity index (χ3n) is 3.64. The van der Waals surface area contributed by atoms with E-state index < -0.39 is 0 Å². The van der Waals surface area contributed by atoms with Crippen LogP contribution in [0.25, 0.3) is 11.1 Å². The number of carbonyl (C=O) groups excluding carboxylic acids is 1. The molecule has 5 nitrogen and oxygen atoms in total. The van der Waals surface area contributed by atoms with Gasteiger partial charge in [-0.15, -0.1) is 0 Å². The largest absolute Gasteiger partial charge is 0.508 e. The molecule has 5 heteroatoms. The molecule has 0 aliphatic rings. The number of hydrogen-bond acceptors (Lipinski definition) is 4. The summed E-state index contributed by atoms with van der Waals surface area (Å²) in [6.07, 6.45) is 1.31. The van der Waals surface area contributed by atoms with E-state index in [-0.39, 0.29) is 17.4 Å². The van der Waals surface area contributed by atoms with Gasteiger partial charge in [0.2, 0.25) is 0 Å². The summed E-state index contributed by atoms with van der Waals surface area (Å²) >= 11 is 0. The Morgan fingerprint density at radius 3 is 2.24 bits per heavy atom. The molecule has 0 spiro atoms. The molecule has 0 saturated carbocycles. The van der Waals surface area contributed by atoms with Gasteiger partial charge in [-0.3, -0.25) is 4.79 Å². The third kappa shape index (κ3) is 4.03. The normalized spacial score (nSPS) is 10.7. The van der Waals surface area contributed by atoms with E-state index in [1.54, 1.807) is 12.1 Å². The average molecular weight is 332 g/mol. The van der Waals surface area contributed by atoms with Gasteiger partial charge in [0.25, 0.3) is 5.91 Å². The number of nitrogens with zero attached hydrogens (tertiary/aromatic N) is 1. The molecular weight excluding hydrogens is 316 g/mol. The van der Waals surface area contributed by atoms with Crippen LogP contribution >= 0.6 is 0 Å². The second-order valence-corrected chi connectivity index (χ2v) is 5.39. The van der Waals surface area contributed by atoms with Gasteiger partial charge >= 0.3 is 0 Å². The summed E-state index contributed by atoms with van der Waals surface area (Å²) in [6, 6.07) is 21.2. The Hall–Kier alpha value is -3.60. The predicted molar refractivity (Wildman–Crippen MR) is 96.7 cm³/mol. The van der Waals surface area contributed by atoms with E-state index in [2.05, 4.69) is 10.5 Å². The number of amides is 1. The number of phenols is 2. The maximum Gasteiger partial charge on any atom is 0.271 e. The van der Waals surface area contributed by atoms with E-state index in [1.165, 1.54) is 24.4 Å². The molecule has 0 aliphatic carbocycles. The molecular formula is C20H16N2O3. The van der Waals surface area contributed by atoms with Crippen LogP contribution < -0.4 is 5.43 Å². The van der Waals surface area contributed by atoms with Crippen LogP contribution in [0.2, 0.25) is 0 Å². The summed E-state index contributed by atoms with van der Waals surface area (Å²) in [5.74, 6) is -0.517. The Morgan fingerprint density at radius 1 is 0.880 bits per heavy atom. The summed E-state index contributed by atoms with van der Waals surface area (Å²) in [5.41, 5.74) is 5.37. The second kappa shape index (κ2) is 7.31. The number of aromatic hydroxyl groups is 2. The van der Waals surface area contributed by atoms with Gasteiger partial charge in [0.15, 0.2) is 0 Å². The summed E-state index contributed by atoms with van der Waals surface area (Å²) in [5, 5.41) is 22.7. The fraction of sp³-hybridized carbons (Fsp3) is 0. The van der Waals surface area contributed by atoms with Crippen LogP contribution in [0.4, 0.5) is 0 Å². The average Bonchev–Trinajstić information content (AvgIpc) is 2.64. The van der Waals surface area contributed by atoms with E-state index >= 15 is 0 Å². The van der Waals surface area contributed by atoms with Crippen LogP contribution in [-0.4, -0.2) is 22.3 Å². The highest BCUT2D eigenvalue weighted by atomic mass is 16.3. The third-order valence-corrected chi connectivity index (χ3v) is 3.64. The first-order chi connectivity index (χ1) is 12.1. The zero-order chi connectivity index (χ0) is 17.6. The summed E-state index contributed by atoms with van der Waals surface area (Å²) in [7, 11) is 0. The lowest BCUT2D eigenvalue weighted by molar-refractivity contribution is 0.0955. The topological polar surface area (TPSA) is 81.9 Å². The molecule has 3 aromatic carbocycles. The van der Waals surface area contributed by atoms with E-state index in [4.69, 9.17) is 0 Å². The molecule has 3 aromatic rings. The van der Waals surface area contributed by atoms with Crippen LogP contribution in [0.3, 0.4) is 0 Å². The highest BCUT2D eigenvalue weighted by Gasteiger charge is 2.05. The van der Waals surface area contributed by atoms with Gasteiger partial charge in [-0.2, -0.15) is 5.10 Å². The van der Waals surface area contributed by atoms with Crippen molar-refractivity contribution in [1.82, 2.24) is 5.43 Å². The van der Waals surface area contributed by atoms with Gasteiger partial charge in [0.1, 0.15) is 11.5 Å². The minimum atomic E-state index is -0.353. The first-order valence-electron chi connectivity index (χ1n) is 7.64. The maximum atomic E-state index is 12.1. The van der Waals surface area contributed by atoms with Crippen LogP contribution in [-0.2, 0) is 0 Å². The van der Waals surface area contributed by atoms with Crippen molar-refractivity contribution in [2.45, 2.75) is 0 Å². The van der Waals surface area contributed by atoms with Crippen LogP contribution in [0.15, 0.2) is 77.9 Å². The van der Waals surface area contributed by atoms with Crippen molar-refractivity contribution in [2.75, 3.05) is 0 Å². The predicted octanol–water partition coefficient (Wildman–Crippen LogP) is 3.53. The lowest BCUT2D eigenvalue weighted by Crippen LogP contribution is -2.17. The molecule has 0 radical (unpaired) electrons.